The van der Waals surface area contributed by atoms with Gasteiger partial charge in [0.1, 0.15) is 0 Å². The second-order valence-corrected chi connectivity index (χ2v) is 6.40. The van der Waals surface area contributed by atoms with Crippen molar-refractivity contribution in [1.82, 2.24) is 19.3 Å². The Morgan fingerprint density at radius 1 is 1.12 bits per heavy atom. The van der Waals surface area contributed by atoms with Gasteiger partial charge in [0, 0.05) is 37.9 Å². The first-order chi connectivity index (χ1) is 11.8. The molecule has 5 nitrogen and oxygen atoms in total. The summed E-state index contributed by atoms with van der Waals surface area (Å²) in [5.41, 5.74) is 2.19. The van der Waals surface area contributed by atoms with Crippen LogP contribution in [0.3, 0.4) is 0 Å². The fourth-order valence-electron chi connectivity index (χ4n) is 3.16. The SMILES string of the molecule is O=C(c1nccn2ccnc12)N(Cc1ccccc1)CC1CCC1. The minimum Gasteiger partial charge on any atom is -0.333 e. The lowest BCUT2D eigenvalue weighted by Crippen LogP contribution is -2.37. The van der Waals surface area contributed by atoms with Crippen LogP contribution >= 0.6 is 0 Å². The second kappa shape index (κ2) is 6.43. The number of imidazole rings is 1. The molecule has 5 heteroatoms. The molecule has 0 unspecified atom stereocenters. The third-order valence-corrected chi connectivity index (χ3v) is 4.72. The average molecular weight is 320 g/mol. The number of aromatic nitrogens is 3. The van der Waals surface area contributed by atoms with Gasteiger partial charge in [0.25, 0.3) is 5.91 Å². The van der Waals surface area contributed by atoms with Gasteiger partial charge in [0.2, 0.25) is 0 Å². The molecule has 0 radical (unpaired) electrons. The van der Waals surface area contributed by atoms with Crippen LogP contribution in [0.1, 0.15) is 35.3 Å². The zero-order valence-corrected chi connectivity index (χ0v) is 13.5. The molecule has 1 aromatic carbocycles. The molecule has 0 saturated heterocycles. The van der Waals surface area contributed by atoms with Crippen LogP contribution in [0.25, 0.3) is 5.65 Å². The summed E-state index contributed by atoms with van der Waals surface area (Å²) in [5, 5.41) is 0. The van der Waals surface area contributed by atoms with Crippen molar-refractivity contribution in [3.63, 3.8) is 0 Å². The van der Waals surface area contributed by atoms with Gasteiger partial charge in [-0.05, 0) is 24.3 Å². The van der Waals surface area contributed by atoms with E-state index in [9.17, 15) is 4.79 Å². The van der Waals surface area contributed by atoms with Crippen molar-refractivity contribution in [3.8, 4) is 0 Å². The summed E-state index contributed by atoms with van der Waals surface area (Å²) in [6, 6.07) is 10.1. The lowest BCUT2D eigenvalue weighted by Gasteiger charge is -2.32. The first-order valence-corrected chi connectivity index (χ1v) is 8.42. The van der Waals surface area contributed by atoms with Crippen molar-refractivity contribution in [2.45, 2.75) is 25.8 Å². The minimum atomic E-state index is -0.0393. The van der Waals surface area contributed by atoms with Gasteiger partial charge in [0.05, 0.1) is 0 Å². The highest BCUT2D eigenvalue weighted by Crippen LogP contribution is 2.28. The molecule has 0 bridgehead atoms. The van der Waals surface area contributed by atoms with E-state index in [1.54, 1.807) is 12.4 Å². The van der Waals surface area contributed by atoms with Crippen molar-refractivity contribution in [1.29, 1.82) is 0 Å². The summed E-state index contributed by atoms with van der Waals surface area (Å²) in [4.78, 5) is 23.7. The summed E-state index contributed by atoms with van der Waals surface area (Å²) in [6.07, 6.45) is 10.7. The standard InChI is InChI=1S/C19H20N4O/c24-19(17-18-21-10-12-22(18)11-9-20-17)23(14-16-7-4-8-16)13-15-5-2-1-3-6-15/h1-3,5-6,9-12,16H,4,7-8,13-14H2. The van der Waals surface area contributed by atoms with Crippen LogP contribution in [-0.4, -0.2) is 31.7 Å². The number of carbonyl (C=O) groups excluding carboxylic acids is 1. The summed E-state index contributed by atoms with van der Waals surface area (Å²) in [7, 11) is 0. The molecule has 1 aliphatic carbocycles. The zero-order valence-electron chi connectivity index (χ0n) is 13.5. The fourth-order valence-corrected chi connectivity index (χ4v) is 3.16. The Kier molecular flexibility index (Phi) is 3.99. The third-order valence-electron chi connectivity index (χ3n) is 4.72. The number of hydrogen-bond donors (Lipinski definition) is 0. The van der Waals surface area contributed by atoms with Crippen molar-refractivity contribution < 1.29 is 4.79 Å². The molecular weight excluding hydrogens is 300 g/mol. The number of benzene rings is 1. The van der Waals surface area contributed by atoms with Crippen LogP contribution < -0.4 is 0 Å². The Hall–Kier alpha value is -2.69. The number of hydrogen-bond acceptors (Lipinski definition) is 3. The molecule has 2 aromatic heterocycles. The smallest absolute Gasteiger partial charge is 0.276 e. The van der Waals surface area contributed by atoms with Crippen LogP contribution in [-0.2, 0) is 6.54 Å². The largest absolute Gasteiger partial charge is 0.333 e. The van der Waals surface area contributed by atoms with E-state index in [0.717, 1.165) is 12.1 Å². The van der Waals surface area contributed by atoms with Crippen LogP contribution in [0.15, 0.2) is 55.1 Å². The molecule has 0 spiro atoms. The monoisotopic (exact) mass is 320 g/mol. The number of rotatable bonds is 5. The Bertz CT molecular complexity index is 839. The lowest BCUT2D eigenvalue weighted by molar-refractivity contribution is 0.0675. The molecule has 4 rings (SSSR count). The van der Waals surface area contributed by atoms with E-state index in [-0.39, 0.29) is 5.91 Å². The summed E-state index contributed by atoms with van der Waals surface area (Å²) in [5.74, 6) is 0.569. The quantitative estimate of drug-likeness (QED) is 0.725. The van der Waals surface area contributed by atoms with Crippen LogP contribution in [0.4, 0.5) is 0 Å². The van der Waals surface area contributed by atoms with Crippen molar-refractivity contribution in [2.24, 2.45) is 5.92 Å². The molecule has 122 valence electrons. The minimum absolute atomic E-state index is 0.0393. The molecule has 1 aliphatic rings. The van der Waals surface area contributed by atoms with Gasteiger partial charge in [0.15, 0.2) is 11.3 Å². The normalized spacial score (nSPS) is 14.5. The first-order valence-electron chi connectivity index (χ1n) is 8.42. The summed E-state index contributed by atoms with van der Waals surface area (Å²) in [6.45, 7) is 1.40. The molecule has 1 fully saturated rings. The summed E-state index contributed by atoms with van der Waals surface area (Å²) >= 11 is 0. The molecule has 0 N–H and O–H groups in total. The molecule has 2 heterocycles. The fraction of sp³-hybridized carbons (Fsp3) is 0.316. The van der Waals surface area contributed by atoms with Gasteiger partial charge >= 0.3 is 0 Å². The maximum atomic E-state index is 13.1. The Morgan fingerprint density at radius 3 is 2.58 bits per heavy atom. The Morgan fingerprint density at radius 2 is 1.88 bits per heavy atom. The zero-order chi connectivity index (χ0) is 16.4. The van der Waals surface area contributed by atoms with Gasteiger partial charge in [-0.25, -0.2) is 9.97 Å². The Labute approximate surface area is 141 Å². The first kappa shape index (κ1) is 14.9. The van der Waals surface area contributed by atoms with Crippen molar-refractivity contribution in [2.75, 3.05) is 6.54 Å². The van der Waals surface area contributed by atoms with E-state index < -0.39 is 0 Å². The lowest BCUT2D eigenvalue weighted by atomic mass is 9.85. The number of amides is 1. The van der Waals surface area contributed by atoms with E-state index in [1.807, 2.05) is 39.9 Å². The molecule has 0 aliphatic heterocycles. The van der Waals surface area contributed by atoms with E-state index in [0.29, 0.717) is 23.8 Å². The molecule has 1 saturated carbocycles. The van der Waals surface area contributed by atoms with E-state index in [1.165, 1.54) is 19.3 Å². The highest BCUT2D eigenvalue weighted by molar-refractivity contribution is 5.97. The predicted octanol–water partition coefficient (Wildman–Crippen LogP) is 3.17. The van der Waals surface area contributed by atoms with Gasteiger partial charge in [-0.1, -0.05) is 36.8 Å². The van der Waals surface area contributed by atoms with Gasteiger partial charge in [-0.3, -0.25) is 4.79 Å². The van der Waals surface area contributed by atoms with Crippen LogP contribution in [0.2, 0.25) is 0 Å². The molecular formula is C19H20N4O. The molecule has 24 heavy (non-hydrogen) atoms. The molecule has 0 atom stereocenters. The van der Waals surface area contributed by atoms with E-state index in [4.69, 9.17) is 0 Å². The number of carbonyl (C=O) groups is 1. The highest BCUT2D eigenvalue weighted by Gasteiger charge is 2.26. The van der Waals surface area contributed by atoms with E-state index in [2.05, 4.69) is 22.1 Å². The third kappa shape index (κ3) is 2.89. The average Bonchev–Trinajstić information content (AvgIpc) is 3.06. The summed E-state index contributed by atoms with van der Waals surface area (Å²) < 4.78 is 1.84. The molecule has 1 amide bonds. The Balaban J connectivity index is 1.64. The van der Waals surface area contributed by atoms with Gasteiger partial charge < -0.3 is 9.30 Å². The predicted molar refractivity (Wildman–Crippen MR) is 91.5 cm³/mol. The topological polar surface area (TPSA) is 50.5 Å². The van der Waals surface area contributed by atoms with Gasteiger partial charge in [-0.2, -0.15) is 0 Å². The number of nitrogens with zero attached hydrogens (tertiary/aromatic N) is 4. The highest BCUT2D eigenvalue weighted by atomic mass is 16.2. The maximum Gasteiger partial charge on any atom is 0.276 e. The second-order valence-electron chi connectivity index (χ2n) is 6.40. The van der Waals surface area contributed by atoms with Crippen LogP contribution in [0.5, 0.6) is 0 Å². The van der Waals surface area contributed by atoms with Crippen molar-refractivity contribution >= 4 is 11.6 Å². The van der Waals surface area contributed by atoms with Crippen LogP contribution in [0, 0.1) is 5.92 Å². The number of fused-ring (bicyclic) bond motifs is 1. The van der Waals surface area contributed by atoms with Gasteiger partial charge in [-0.15, -0.1) is 0 Å². The van der Waals surface area contributed by atoms with Crippen molar-refractivity contribution in [3.05, 3.63) is 66.4 Å². The molecule has 3 aromatic rings. The maximum absolute atomic E-state index is 13.1. The van der Waals surface area contributed by atoms with E-state index >= 15 is 0 Å².